The molecule has 2 aromatic carbocycles. The maximum absolute atomic E-state index is 13.5. The number of aliphatic hydroxyl groups is 1. The normalized spacial score (nSPS) is 19.5. The number of benzene rings is 2. The molecule has 6 rings (SSSR count). The van der Waals surface area contributed by atoms with Crippen molar-refractivity contribution in [3.63, 3.8) is 0 Å². The Hall–Kier alpha value is -4.40. The molecule has 2 N–H and O–H groups in total. The van der Waals surface area contributed by atoms with Crippen LogP contribution in [-0.4, -0.2) is 96.2 Å². The molecule has 3 amide bonds. The third-order valence-corrected chi connectivity index (χ3v) is 11.9. The first kappa shape index (κ1) is 35.4. The van der Waals surface area contributed by atoms with Gasteiger partial charge in [-0.3, -0.25) is 9.59 Å². The van der Waals surface area contributed by atoms with Gasteiger partial charge < -0.3 is 43.3 Å². The average molecular weight is 706 g/mol. The number of carbonyl (C=O) groups excluding carboxylic acids is 3. The lowest BCUT2D eigenvalue weighted by molar-refractivity contribution is -0.00718. The predicted octanol–water partition coefficient (Wildman–Crippen LogP) is 4.12. The lowest BCUT2D eigenvalue weighted by Crippen LogP contribution is -2.58. The molecule has 2 saturated heterocycles. The number of oxazole rings is 1. The molecule has 0 spiro atoms. The molecule has 0 saturated carbocycles. The smallest absolute Gasteiger partial charge is 0.402 e. The van der Waals surface area contributed by atoms with Crippen LogP contribution in [0, 0.1) is 6.92 Å². The second-order valence-corrected chi connectivity index (χ2v) is 16.4. The number of carbonyl (C=O) groups is 3. The number of aryl methyl sites for hydroxylation is 1. The zero-order valence-electron chi connectivity index (χ0n) is 29.2. The van der Waals surface area contributed by atoms with E-state index in [1.54, 1.807) is 43.5 Å². The number of hydrogen-bond donors (Lipinski definition) is 2. The number of morpholine rings is 1. The Balaban J connectivity index is 1.15. The summed E-state index contributed by atoms with van der Waals surface area (Å²) in [4.78, 5) is 46.5. The Morgan fingerprint density at radius 1 is 1.08 bits per heavy atom. The molecule has 267 valence electrons. The van der Waals surface area contributed by atoms with Gasteiger partial charge in [-0.05, 0) is 95.0 Å². The van der Waals surface area contributed by atoms with Gasteiger partial charge in [-0.15, -0.1) is 0 Å². The molecule has 0 aliphatic carbocycles. The molecule has 4 heterocycles. The van der Waals surface area contributed by atoms with Crippen molar-refractivity contribution in [3.8, 4) is 11.5 Å². The quantitative estimate of drug-likeness (QED) is 0.295. The maximum atomic E-state index is 13.5. The highest BCUT2D eigenvalue weighted by Gasteiger charge is 2.41. The summed E-state index contributed by atoms with van der Waals surface area (Å²) in [5.74, 6) is 0.980. The van der Waals surface area contributed by atoms with E-state index in [1.807, 2.05) is 36.9 Å². The minimum Gasteiger partial charge on any atom is -0.493 e. The first-order valence-corrected chi connectivity index (χ1v) is 18.8. The minimum atomic E-state index is -2.00. The van der Waals surface area contributed by atoms with Gasteiger partial charge in [-0.25, -0.2) is 9.78 Å². The molecule has 2 bridgehead atoms. The highest BCUT2D eigenvalue weighted by molar-refractivity contribution is 6.59. The topological polar surface area (TPSA) is 153 Å². The first-order valence-electron chi connectivity index (χ1n) is 17.0. The van der Waals surface area contributed by atoms with Crippen molar-refractivity contribution in [1.82, 2.24) is 19.8 Å². The number of aromatic nitrogens is 1. The van der Waals surface area contributed by atoms with Gasteiger partial charge >= 0.3 is 6.09 Å². The van der Waals surface area contributed by atoms with Crippen LogP contribution in [0.5, 0.6) is 11.5 Å². The molecule has 3 aliphatic rings. The van der Waals surface area contributed by atoms with Crippen LogP contribution in [0.15, 0.2) is 47.2 Å². The fourth-order valence-electron chi connectivity index (χ4n) is 6.61. The van der Waals surface area contributed by atoms with E-state index in [4.69, 9.17) is 23.4 Å². The zero-order chi connectivity index (χ0) is 35.6. The van der Waals surface area contributed by atoms with E-state index in [-0.39, 0.29) is 43.3 Å². The Bertz CT molecular complexity index is 1710. The average Bonchev–Trinajstić information content (AvgIpc) is 3.61. The summed E-state index contributed by atoms with van der Waals surface area (Å²) in [7, 11) is -2.00. The van der Waals surface area contributed by atoms with E-state index in [0.29, 0.717) is 48.7 Å². The van der Waals surface area contributed by atoms with Crippen LogP contribution in [0.4, 0.5) is 4.79 Å². The van der Waals surface area contributed by atoms with Crippen molar-refractivity contribution >= 4 is 26.9 Å². The number of hydrogen-bond acceptors (Lipinski definition) is 10. The molecule has 50 heavy (non-hydrogen) atoms. The van der Waals surface area contributed by atoms with Crippen molar-refractivity contribution < 1.29 is 42.9 Å². The van der Waals surface area contributed by atoms with Crippen LogP contribution in [0.25, 0.3) is 0 Å². The Kier molecular flexibility index (Phi) is 10.5. The lowest BCUT2D eigenvalue weighted by Gasteiger charge is -2.38. The number of ether oxygens (including phenoxy) is 4. The number of amides is 3. The van der Waals surface area contributed by atoms with Crippen molar-refractivity contribution in [3.05, 3.63) is 76.5 Å². The van der Waals surface area contributed by atoms with Crippen LogP contribution >= 0.6 is 0 Å². The molecule has 3 aliphatic heterocycles. The van der Waals surface area contributed by atoms with E-state index < -0.39 is 32.3 Å². The fourth-order valence-corrected chi connectivity index (χ4v) is 9.13. The van der Waals surface area contributed by atoms with Crippen molar-refractivity contribution in [2.45, 2.75) is 90.1 Å². The predicted molar refractivity (Wildman–Crippen MR) is 183 cm³/mol. The van der Waals surface area contributed by atoms with E-state index in [0.717, 1.165) is 29.7 Å². The maximum Gasteiger partial charge on any atom is 0.402 e. The van der Waals surface area contributed by atoms with Crippen LogP contribution in [0.3, 0.4) is 0 Å². The summed E-state index contributed by atoms with van der Waals surface area (Å²) in [6.07, 6.45) is 2.68. The monoisotopic (exact) mass is 705 g/mol. The van der Waals surface area contributed by atoms with Crippen LogP contribution < -0.4 is 14.8 Å². The molecule has 1 radical (unpaired) electrons. The molecule has 2 fully saturated rings. The van der Waals surface area contributed by atoms with Gasteiger partial charge in [0.2, 0.25) is 8.96 Å². The van der Waals surface area contributed by atoms with Crippen molar-refractivity contribution in [2.75, 3.05) is 26.4 Å². The Labute approximate surface area is 293 Å². The van der Waals surface area contributed by atoms with Crippen molar-refractivity contribution in [2.24, 2.45) is 0 Å². The van der Waals surface area contributed by atoms with E-state index in [1.165, 1.54) is 6.39 Å². The molecule has 2 unspecified atom stereocenters. The lowest BCUT2D eigenvalue weighted by atomic mass is 10.1. The largest absolute Gasteiger partial charge is 0.493 e. The van der Waals surface area contributed by atoms with E-state index >= 15 is 0 Å². The van der Waals surface area contributed by atoms with Gasteiger partial charge in [-0.1, -0.05) is 6.07 Å². The highest BCUT2D eigenvalue weighted by Crippen LogP contribution is 2.32. The molecular formula is C36H45N4O9Si. The van der Waals surface area contributed by atoms with E-state index in [2.05, 4.69) is 10.3 Å². The molecule has 3 atom stereocenters. The number of nitrogens with zero attached hydrogens (tertiary/aromatic N) is 3. The molecule has 14 heteroatoms. The Morgan fingerprint density at radius 3 is 2.52 bits per heavy atom. The first-order chi connectivity index (χ1) is 23.9. The number of rotatable bonds is 10. The molecular weight excluding hydrogens is 661 g/mol. The molecule has 13 nitrogen and oxygen atoms in total. The summed E-state index contributed by atoms with van der Waals surface area (Å²) in [6, 6.07) is 11.1. The minimum absolute atomic E-state index is 0.0566. The van der Waals surface area contributed by atoms with Gasteiger partial charge in [0.25, 0.3) is 11.8 Å². The van der Waals surface area contributed by atoms with Gasteiger partial charge in [-0.2, -0.15) is 0 Å². The SMILES string of the molecule is CCOc1cc(C(=O)N2C3CCC2COC3)ccc1C(=O)NC[C@@H](O)[Si]1Cc2ccc(OCc3ocnc3C)cc2CN1C(=O)OC(C)(C)C. The summed E-state index contributed by atoms with van der Waals surface area (Å²) in [5, 5.41) is 14.4. The summed E-state index contributed by atoms with van der Waals surface area (Å²) >= 11 is 0. The van der Waals surface area contributed by atoms with Gasteiger partial charge in [0, 0.05) is 18.7 Å². The third kappa shape index (κ3) is 7.82. The van der Waals surface area contributed by atoms with Gasteiger partial charge in [0.1, 0.15) is 23.7 Å². The highest BCUT2D eigenvalue weighted by atomic mass is 28.3. The summed E-state index contributed by atoms with van der Waals surface area (Å²) in [6.45, 7) is 10.7. The van der Waals surface area contributed by atoms with Crippen LogP contribution in [0.2, 0.25) is 0 Å². The molecule has 1 aromatic heterocycles. The van der Waals surface area contributed by atoms with Gasteiger partial charge in [0.05, 0.1) is 48.9 Å². The second kappa shape index (κ2) is 14.8. The Morgan fingerprint density at radius 2 is 1.84 bits per heavy atom. The second-order valence-electron chi connectivity index (χ2n) is 13.8. The summed E-state index contributed by atoms with van der Waals surface area (Å²) < 4.78 is 30.1. The zero-order valence-corrected chi connectivity index (χ0v) is 30.2. The number of aliphatic hydroxyl groups excluding tert-OH is 1. The van der Waals surface area contributed by atoms with E-state index in [9.17, 15) is 19.5 Å². The number of nitrogens with one attached hydrogen (secondary N) is 1. The third-order valence-electron chi connectivity index (χ3n) is 9.14. The van der Waals surface area contributed by atoms with Crippen molar-refractivity contribution in [1.29, 1.82) is 0 Å². The number of fused-ring (bicyclic) bond motifs is 3. The van der Waals surface area contributed by atoms with Gasteiger partial charge in [0.15, 0.2) is 12.2 Å². The summed E-state index contributed by atoms with van der Waals surface area (Å²) in [5.41, 5.74) is 1.56. The van der Waals surface area contributed by atoms with Crippen LogP contribution in [0.1, 0.15) is 83.8 Å². The fraction of sp³-hybridized carbons (Fsp3) is 0.500. The standard InChI is InChI=1S/C36H45N4O9Si/c1-6-46-30-14-23(34(43)40-26-9-10-27(40)18-45-17-26)8-12-29(30)33(42)37-15-32(41)50-20-24-7-11-28(47-19-31-22(2)38-21-48-31)13-25(24)16-39(50)35(44)49-36(3,4)5/h7-8,11-14,21,26-27,32,41H,6,9-10,15-20H2,1-5H3,(H,37,42)/t26?,27?,32-/m0/s1. The molecule has 3 aromatic rings. The van der Waals surface area contributed by atoms with Crippen LogP contribution in [-0.2, 0) is 28.7 Å².